The third-order valence-electron chi connectivity index (χ3n) is 3.04. The molecule has 0 aromatic carbocycles. The lowest BCUT2D eigenvalue weighted by Gasteiger charge is -2.17. The van der Waals surface area contributed by atoms with E-state index in [0.29, 0.717) is 13.2 Å². The second-order valence-electron chi connectivity index (χ2n) is 5.74. The van der Waals surface area contributed by atoms with Crippen LogP contribution in [0.5, 0.6) is 0 Å². The number of rotatable bonds is 6. The maximum absolute atomic E-state index is 11.6. The van der Waals surface area contributed by atoms with E-state index in [9.17, 15) is 9.59 Å². The molecule has 0 saturated carbocycles. The van der Waals surface area contributed by atoms with Crippen molar-refractivity contribution < 1.29 is 19.1 Å². The van der Waals surface area contributed by atoms with Gasteiger partial charge in [0.05, 0.1) is 19.2 Å². The average Bonchev–Trinajstić information content (AvgIpc) is 2.72. The van der Waals surface area contributed by atoms with Gasteiger partial charge in [-0.05, 0) is 19.8 Å². The Morgan fingerprint density at radius 2 is 2.00 bits per heavy atom. The van der Waals surface area contributed by atoms with Crippen LogP contribution in [0.1, 0.15) is 27.7 Å². The summed E-state index contributed by atoms with van der Waals surface area (Å²) in [5, 5.41) is 5.19. The molecule has 1 rings (SSSR count). The van der Waals surface area contributed by atoms with Gasteiger partial charge >= 0.3 is 0 Å². The maximum Gasteiger partial charge on any atom is 0.239 e. The average molecular weight is 287 g/mol. The van der Waals surface area contributed by atoms with E-state index in [2.05, 4.69) is 10.6 Å². The van der Waals surface area contributed by atoms with Crippen LogP contribution in [0.25, 0.3) is 0 Å². The summed E-state index contributed by atoms with van der Waals surface area (Å²) >= 11 is 0. The molecule has 1 aliphatic rings. The normalized spacial score (nSPS) is 22.6. The van der Waals surface area contributed by atoms with Gasteiger partial charge in [0.15, 0.2) is 5.79 Å². The summed E-state index contributed by atoms with van der Waals surface area (Å²) in [4.78, 5) is 23.2. The third-order valence-corrected chi connectivity index (χ3v) is 3.04. The van der Waals surface area contributed by atoms with Crippen LogP contribution in [0.15, 0.2) is 0 Å². The van der Waals surface area contributed by atoms with Gasteiger partial charge in [0.25, 0.3) is 0 Å². The van der Waals surface area contributed by atoms with E-state index >= 15 is 0 Å². The number of carbonyl (C=O) groups excluding carboxylic acids is 2. The topological polar surface area (TPSA) is 103 Å². The lowest BCUT2D eigenvalue weighted by molar-refractivity contribution is -0.139. The SMILES string of the molecule is CC(C)[C@H](N)C(=O)NCC(=O)NCC1COC(C)(C)O1. The highest BCUT2D eigenvalue weighted by molar-refractivity contribution is 5.87. The molecule has 7 heteroatoms. The van der Waals surface area contributed by atoms with E-state index in [1.165, 1.54) is 0 Å². The van der Waals surface area contributed by atoms with Crippen LogP contribution in [0, 0.1) is 5.92 Å². The summed E-state index contributed by atoms with van der Waals surface area (Å²) in [5.41, 5.74) is 5.67. The van der Waals surface area contributed by atoms with Gasteiger partial charge in [-0.2, -0.15) is 0 Å². The minimum absolute atomic E-state index is 0.0318. The zero-order chi connectivity index (χ0) is 15.3. The molecule has 1 fully saturated rings. The summed E-state index contributed by atoms with van der Waals surface area (Å²) in [7, 11) is 0. The third kappa shape index (κ3) is 5.44. The first-order valence-corrected chi connectivity index (χ1v) is 6.83. The van der Waals surface area contributed by atoms with E-state index in [4.69, 9.17) is 15.2 Å². The fourth-order valence-corrected chi connectivity index (χ4v) is 1.74. The number of nitrogens with two attached hydrogens (primary N) is 1. The van der Waals surface area contributed by atoms with E-state index in [0.717, 1.165) is 0 Å². The number of carbonyl (C=O) groups is 2. The molecular formula is C13H25N3O4. The molecule has 2 atom stereocenters. The molecule has 116 valence electrons. The minimum Gasteiger partial charge on any atom is -0.352 e. The standard InChI is InChI=1S/C13H25N3O4/c1-8(2)11(14)12(18)16-6-10(17)15-5-9-7-19-13(3,4)20-9/h8-9,11H,5-7,14H2,1-4H3,(H,15,17)(H,16,18)/t9?,11-/m0/s1. The van der Waals surface area contributed by atoms with Crippen molar-refractivity contribution in [1.29, 1.82) is 0 Å². The second kappa shape index (κ2) is 7.01. The van der Waals surface area contributed by atoms with Gasteiger partial charge in [0, 0.05) is 6.54 Å². The molecule has 1 saturated heterocycles. The monoisotopic (exact) mass is 287 g/mol. The van der Waals surface area contributed by atoms with Gasteiger partial charge in [0.2, 0.25) is 11.8 Å². The Morgan fingerprint density at radius 1 is 1.35 bits per heavy atom. The highest BCUT2D eigenvalue weighted by atomic mass is 16.7. The number of nitrogens with one attached hydrogen (secondary N) is 2. The highest BCUT2D eigenvalue weighted by Crippen LogP contribution is 2.21. The largest absolute Gasteiger partial charge is 0.352 e. The van der Waals surface area contributed by atoms with Crippen LogP contribution in [0.4, 0.5) is 0 Å². The summed E-state index contributed by atoms with van der Waals surface area (Å²) < 4.78 is 10.9. The molecule has 0 spiro atoms. The fourth-order valence-electron chi connectivity index (χ4n) is 1.74. The van der Waals surface area contributed by atoms with E-state index in [1.54, 1.807) is 0 Å². The fraction of sp³-hybridized carbons (Fsp3) is 0.846. The predicted molar refractivity (Wildman–Crippen MR) is 73.7 cm³/mol. The molecule has 0 aliphatic carbocycles. The van der Waals surface area contributed by atoms with Gasteiger partial charge in [0.1, 0.15) is 6.10 Å². The zero-order valence-electron chi connectivity index (χ0n) is 12.6. The van der Waals surface area contributed by atoms with Crippen LogP contribution in [0.3, 0.4) is 0 Å². The van der Waals surface area contributed by atoms with E-state index in [-0.39, 0.29) is 30.4 Å². The Balaban J connectivity index is 2.20. The molecule has 1 heterocycles. The number of ether oxygens (including phenoxy) is 2. The molecule has 4 N–H and O–H groups in total. The summed E-state index contributed by atoms with van der Waals surface area (Å²) in [6, 6.07) is -0.602. The van der Waals surface area contributed by atoms with Gasteiger partial charge < -0.3 is 25.8 Å². The van der Waals surface area contributed by atoms with Gasteiger partial charge in [-0.15, -0.1) is 0 Å². The van der Waals surface area contributed by atoms with Gasteiger partial charge in [-0.1, -0.05) is 13.8 Å². The Labute approximate surface area is 119 Å². The zero-order valence-corrected chi connectivity index (χ0v) is 12.6. The molecule has 2 amide bonds. The Kier molecular flexibility index (Phi) is 5.91. The van der Waals surface area contributed by atoms with Crippen LogP contribution < -0.4 is 16.4 Å². The van der Waals surface area contributed by atoms with Crippen molar-refractivity contribution >= 4 is 11.8 Å². The molecule has 20 heavy (non-hydrogen) atoms. The molecule has 1 aliphatic heterocycles. The van der Waals surface area contributed by atoms with Crippen molar-refractivity contribution in [3.63, 3.8) is 0 Å². The van der Waals surface area contributed by atoms with Gasteiger partial charge in [-0.3, -0.25) is 9.59 Å². The Hall–Kier alpha value is -1.18. The highest BCUT2D eigenvalue weighted by Gasteiger charge is 2.32. The van der Waals surface area contributed by atoms with Gasteiger partial charge in [-0.25, -0.2) is 0 Å². The summed E-state index contributed by atoms with van der Waals surface area (Å²) in [5.74, 6) is -1.17. The minimum atomic E-state index is -0.604. The summed E-state index contributed by atoms with van der Waals surface area (Å²) in [6.07, 6.45) is -0.164. The smallest absolute Gasteiger partial charge is 0.239 e. The Bertz CT molecular complexity index is 358. The number of hydrogen-bond acceptors (Lipinski definition) is 5. The van der Waals surface area contributed by atoms with Crippen molar-refractivity contribution in [3.8, 4) is 0 Å². The first kappa shape index (κ1) is 16.9. The van der Waals surface area contributed by atoms with Crippen LogP contribution in [-0.4, -0.2) is 49.4 Å². The molecular weight excluding hydrogens is 262 g/mol. The number of amides is 2. The number of hydrogen-bond donors (Lipinski definition) is 3. The van der Waals surface area contributed by atoms with Crippen molar-refractivity contribution in [2.45, 2.75) is 45.6 Å². The first-order chi connectivity index (χ1) is 9.21. The molecule has 0 bridgehead atoms. The molecule has 1 unspecified atom stereocenters. The first-order valence-electron chi connectivity index (χ1n) is 6.83. The Morgan fingerprint density at radius 3 is 2.50 bits per heavy atom. The van der Waals surface area contributed by atoms with E-state index < -0.39 is 11.8 Å². The lowest BCUT2D eigenvalue weighted by atomic mass is 10.1. The van der Waals surface area contributed by atoms with Crippen LogP contribution in [0.2, 0.25) is 0 Å². The van der Waals surface area contributed by atoms with E-state index in [1.807, 2.05) is 27.7 Å². The van der Waals surface area contributed by atoms with Crippen LogP contribution >= 0.6 is 0 Å². The molecule has 0 aromatic rings. The van der Waals surface area contributed by atoms with Crippen molar-refractivity contribution in [2.75, 3.05) is 19.7 Å². The molecule has 7 nitrogen and oxygen atoms in total. The molecule has 0 aromatic heterocycles. The second-order valence-corrected chi connectivity index (χ2v) is 5.74. The quantitative estimate of drug-likeness (QED) is 0.602. The summed E-state index contributed by atoms with van der Waals surface area (Å²) in [6.45, 7) is 8.06. The maximum atomic E-state index is 11.6. The lowest BCUT2D eigenvalue weighted by Crippen LogP contribution is -2.48. The van der Waals surface area contributed by atoms with Crippen molar-refractivity contribution in [1.82, 2.24) is 10.6 Å². The van der Waals surface area contributed by atoms with Crippen molar-refractivity contribution in [3.05, 3.63) is 0 Å². The molecule has 0 radical (unpaired) electrons. The van der Waals surface area contributed by atoms with Crippen LogP contribution in [-0.2, 0) is 19.1 Å². The van der Waals surface area contributed by atoms with Crippen molar-refractivity contribution in [2.24, 2.45) is 11.7 Å². The predicted octanol–water partition coefficient (Wildman–Crippen LogP) is -0.646.